The van der Waals surface area contributed by atoms with Gasteiger partial charge in [-0.15, -0.1) is 12.3 Å². The first-order chi connectivity index (χ1) is 5.70. The summed E-state index contributed by atoms with van der Waals surface area (Å²) in [7, 11) is 1.72. The number of nitrogens with two attached hydrogens (primary N) is 1. The van der Waals surface area contributed by atoms with Crippen LogP contribution in [-0.4, -0.2) is 19.3 Å². The van der Waals surface area contributed by atoms with Gasteiger partial charge < -0.3 is 10.5 Å². The molecular weight excluding hydrogens is 150 g/mol. The Hall–Kier alpha value is -0.520. The first kappa shape index (κ1) is 11.5. The standard InChI is InChI=1S/C10H19NO/c1-4-5-6-10(11)8-7-9(2)12-3/h1,9-10H,5-8,11H2,2-3H3. The van der Waals surface area contributed by atoms with Crippen molar-refractivity contribution in [1.29, 1.82) is 0 Å². The number of rotatable bonds is 6. The maximum Gasteiger partial charge on any atom is 0.0543 e. The molecule has 70 valence electrons. The minimum atomic E-state index is 0.235. The van der Waals surface area contributed by atoms with Gasteiger partial charge in [-0.05, 0) is 26.2 Å². The highest BCUT2D eigenvalue weighted by Crippen LogP contribution is 2.06. The number of methoxy groups -OCH3 is 1. The Morgan fingerprint density at radius 1 is 1.42 bits per heavy atom. The topological polar surface area (TPSA) is 35.2 Å². The lowest BCUT2D eigenvalue weighted by Crippen LogP contribution is -2.21. The van der Waals surface area contributed by atoms with Crippen LogP contribution in [0.3, 0.4) is 0 Å². The summed E-state index contributed by atoms with van der Waals surface area (Å²) in [6, 6.07) is 0.235. The van der Waals surface area contributed by atoms with Crippen LogP contribution in [0.1, 0.15) is 32.6 Å². The average molecular weight is 169 g/mol. The van der Waals surface area contributed by atoms with Crippen LogP contribution in [0.25, 0.3) is 0 Å². The van der Waals surface area contributed by atoms with E-state index in [1.807, 2.05) is 6.92 Å². The van der Waals surface area contributed by atoms with E-state index < -0.39 is 0 Å². The van der Waals surface area contributed by atoms with E-state index in [4.69, 9.17) is 16.9 Å². The SMILES string of the molecule is C#CCCC(N)CCC(C)OC. The van der Waals surface area contributed by atoms with Crippen LogP contribution in [0.5, 0.6) is 0 Å². The van der Waals surface area contributed by atoms with Crippen molar-refractivity contribution in [2.24, 2.45) is 5.73 Å². The molecule has 0 rings (SSSR count). The highest BCUT2D eigenvalue weighted by molar-refractivity contribution is 4.85. The van der Waals surface area contributed by atoms with Gasteiger partial charge in [0.15, 0.2) is 0 Å². The van der Waals surface area contributed by atoms with E-state index in [9.17, 15) is 0 Å². The van der Waals surface area contributed by atoms with Crippen LogP contribution < -0.4 is 5.73 Å². The molecule has 0 bridgehead atoms. The second-order valence-corrected chi connectivity index (χ2v) is 3.13. The Balaban J connectivity index is 3.31. The van der Waals surface area contributed by atoms with Crippen LogP contribution >= 0.6 is 0 Å². The number of hydrogen-bond acceptors (Lipinski definition) is 2. The summed E-state index contributed by atoms with van der Waals surface area (Å²) >= 11 is 0. The average Bonchev–Trinajstić information content (AvgIpc) is 2.10. The van der Waals surface area contributed by atoms with Crippen molar-refractivity contribution < 1.29 is 4.74 Å². The molecule has 0 aromatic heterocycles. The van der Waals surface area contributed by atoms with Crippen molar-refractivity contribution in [3.05, 3.63) is 0 Å². The first-order valence-electron chi connectivity index (χ1n) is 4.42. The molecule has 0 aliphatic carbocycles. The third-order valence-electron chi connectivity index (χ3n) is 2.01. The fourth-order valence-electron chi connectivity index (χ4n) is 0.980. The molecule has 0 aliphatic heterocycles. The summed E-state index contributed by atoms with van der Waals surface area (Å²) in [5, 5.41) is 0. The molecule has 2 unspecified atom stereocenters. The number of hydrogen-bond donors (Lipinski definition) is 1. The molecule has 2 atom stereocenters. The Bertz CT molecular complexity index is 139. The minimum Gasteiger partial charge on any atom is -0.382 e. The van der Waals surface area contributed by atoms with Gasteiger partial charge in [0.25, 0.3) is 0 Å². The van der Waals surface area contributed by atoms with Gasteiger partial charge in [-0.1, -0.05) is 0 Å². The second-order valence-electron chi connectivity index (χ2n) is 3.13. The zero-order chi connectivity index (χ0) is 9.40. The van der Waals surface area contributed by atoms with Gasteiger partial charge in [0, 0.05) is 19.6 Å². The molecule has 0 aromatic carbocycles. The lowest BCUT2D eigenvalue weighted by Gasteiger charge is -2.13. The second kappa shape index (κ2) is 7.15. The quantitative estimate of drug-likeness (QED) is 0.612. The smallest absolute Gasteiger partial charge is 0.0543 e. The van der Waals surface area contributed by atoms with E-state index in [0.717, 1.165) is 25.7 Å². The van der Waals surface area contributed by atoms with Crippen molar-refractivity contribution in [2.45, 2.75) is 44.8 Å². The van der Waals surface area contributed by atoms with E-state index >= 15 is 0 Å². The Morgan fingerprint density at radius 3 is 2.58 bits per heavy atom. The molecule has 0 aliphatic rings. The van der Waals surface area contributed by atoms with Crippen molar-refractivity contribution in [3.63, 3.8) is 0 Å². The van der Waals surface area contributed by atoms with Gasteiger partial charge in [0.2, 0.25) is 0 Å². The molecule has 0 fully saturated rings. The van der Waals surface area contributed by atoms with Gasteiger partial charge in [-0.2, -0.15) is 0 Å². The van der Waals surface area contributed by atoms with Crippen LogP contribution in [0.4, 0.5) is 0 Å². The van der Waals surface area contributed by atoms with Crippen molar-refractivity contribution in [1.82, 2.24) is 0 Å². The Morgan fingerprint density at radius 2 is 2.08 bits per heavy atom. The summed E-state index contributed by atoms with van der Waals surface area (Å²) in [6.07, 6.45) is 9.15. The molecule has 0 heterocycles. The van der Waals surface area contributed by atoms with Crippen molar-refractivity contribution in [2.75, 3.05) is 7.11 Å². The Kier molecular flexibility index (Phi) is 6.84. The predicted molar refractivity (Wildman–Crippen MR) is 51.7 cm³/mol. The van der Waals surface area contributed by atoms with Crippen molar-refractivity contribution in [3.8, 4) is 12.3 Å². The molecule has 2 heteroatoms. The first-order valence-corrected chi connectivity index (χ1v) is 4.42. The van der Waals surface area contributed by atoms with E-state index in [-0.39, 0.29) is 6.04 Å². The molecular formula is C10H19NO. The zero-order valence-electron chi connectivity index (χ0n) is 8.05. The van der Waals surface area contributed by atoms with Gasteiger partial charge in [-0.3, -0.25) is 0 Å². The molecule has 2 N–H and O–H groups in total. The van der Waals surface area contributed by atoms with Crippen LogP contribution in [0, 0.1) is 12.3 Å². The molecule has 0 spiro atoms. The summed E-state index contributed by atoms with van der Waals surface area (Å²) in [4.78, 5) is 0. The summed E-state index contributed by atoms with van der Waals surface area (Å²) in [6.45, 7) is 2.05. The fraction of sp³-hybridized carbons (Fsp3) is 0.800. The van der Waals surface area contributed by atoms with Crippen LogP contribution in [-0.2, 0) is 4.74 Å². The highest BCUT2D eigenvalue weighted by atomic mass is 16.5. The minimum absolute atomic E-state index is 0.235. The van der Waals surface area contributed by atoms with E-state index in [2.05, 4.69) is 5.92 Å². The third-order valence-corrected chi connectivity index (χ3v) is 2.01. The summed E-state index contributed by atoms with van der Waals surface area (Å²) in [5.41, 5.74) is 5.81. The lowest BCUT2D eigenvalue weighted by molar-refractivity contribution is 0.107. The number of terminal acetylenes is 1. The van der Waals surface area contributed by atoms with E-state index in [0.29, 0.717) is 6.10 Å². The van der Waals surface area contributed by atoms with E-state index in [1.165, 1.54) is 0 Å². The van der Waals surface area contributed by atoms with Gasteiger partial charge in [-0.25, -0.2) is 0 Å². The van der Waals surface area contributed by atoms with Crippen molar-refractivity contribution >= 4 is 0 Å². The summed E-state index contributed by atoms with van der Waals surface area (Å²) in [5.74, 6) is 2.59. The predicted octanol–water partition coefficient (Wildman–Crippen LogP) is 1.54. The largest absolute Gasteiger partial charge is 0.382 e. The van der Waals surface area contributed by atoms with Gasteiger partial charge in [0.1, 0.15) is 0 Å². The van der Waals surface area contributed by atoms with E-state index in [1.54, 1.807) is 7.11 Å². The maximum absolute atomic E-state index is 5.81. The van der Waals surface area contributed by atoms with Crippen LogP contribution in [0.2, 0.25) is 0 Å². The monoisotopic (exact) mass is 169 g/mol. The molecule has 0 amide bonds. The fourth-order valence-corrected chi connectivity index (χ4v) is 0.980. The van der Waals surface area contributed by atoms with Crippen LogP contribution in [0.15, 0.2) is 0 Å². The molecule has 0 radical (unpaired) electrons. The van der Waals surface area contributed by atoms with Gasteiger partial charge >= 0.3 is 0 Å². The van der Waals surface area contributed by atoms with Gasteiger partial charge in [0.05, 0.1) is 6.10 Å². The molecule has 0 saturated heterocycles. The highest BCUT2D eigenvalue weighted by Gasteiger charge is 2.04. The third kappa shape index (κ3) is 6.21. The zero-order valence-corrected chi connectivity index (χ0v) is 8.05. The molecule has 0 aromatic rings. The molecule has 0 saturated carbocycles. The molecule has 12 heavy (non-hydrogen) atoms. The molecule has 2 nitrogen and oxygen atoms in total. The number of ether oxygens (including phenoxy) is 1. The summed E-state index contributed by atoms with van der Waals surface area (Å²) < 4.78 is 5.11. The Labute approximate surface area is 75.5 Å². The maximum atomic E-state index is 5.81. The normalized spacial score (nSPS) is 15.2. The lowest BCUT2D eigenvalue weighted by atomic mass is 10.1.